The molecule has 1 atom stereocenters. The number of aliphatic hydroxyl groups is 1. The van der Waals surface area contributed by atoms with Gasteiger partial charge in [0.2, 0.25) is 5.95 Å². The molecule has 0 aliphatic rings. The molecule has 1 aromatic carbocycles. The number of hydrogen-bond acceptors (Lipinski definition) is 6. The second-order valence-electron chi connectivity index (χ2n) is 7.39. The van der Waals surface area contributed by atoms with Gasteiger partial charge in [-0.3, -0.25) is 4.98 Å². The molecule has 2 heterocycles. The van der Waals surface area contributed by atoms with Crippen LogP contribution in [0.4, 0.5) is 17.5 Å². The first kappa shape index (κ1) is 21.0. The van der Waals surface area contributed by atoms with Gasteiger partial charge in [-0.1, -0.05) is 31.5 Å². The molecule has 0 unspecified atom stereocenters. The molecule has 0 saturated heterocycles. The Morgan fingerprint density at radius 2 is 1.76 bits per heavy atom. The molecule has 29 heavy (non-hydrogen) atoms. The summed E-state index contributed by atoms with van der Waals surface area (Å²) in [6.07, 6.45) is 1.73. The lowest BCUT2D eigenvalue weighted by Gasteiger charge is -2.21. The number of benzene rings is 1. The van der Waals surface area contributed by atoms with E-state index in [1.54, 1.807) is 6.20 Å². The molecule has 6 nitrogen and oxygen atoms in total. The van der Waals surface area contributed by atoms with Gasteiger partial charge in [0.1, 0.15) is 5.82 Å². The Hall–Kier alpha value is -2.70. The summed E-state index contributed by atoms with van der Waals surface area (Å²) >= 11 is 6.16. The van der Waals surface area contributed by atoms with Crippen molar-refractivity contribution in [2.24, 2.45) is 5.92 Å². The van der Waals surface area contributed by atoms with Crippen LogP contribution in [0.1, 0.15) is 25.0 Å². The molecule has 2 aromatic heterocycles. The van der Waals surface area contributed by atoms with Gasteiger partial charge in [0.15, 0.2) is 0 Å². The average Bonchev–Trinajstić information content (AvgIpc) is 2.69. The number of halogens is 1. The Balaban J connectivity index is 2.03. The average molecular weight is 412 g/mol. The van der Waals surface area contributed by atoms with Crippen molar-refractivity contribution in [3.05, 3.63) is 58.7 Å². The summed E-state index contributed by atoms with van der Waals surface area (Å²) < 4.78 is 0. The van der Waals surface area contributed by atoms with Crippen LogP contribution < -0.4 is 10.6 Å². The Labute approximate surface area is 176 Å². The summed E-state index contributed by atoms with van der Waals surface area (Å²) in [6.45, 7) is 8.07. The highest BCUT2D eigenvalue weighted by atomic mass is 35.5. The first-order valence-electron chi connectivity index (χ1n) is 9.59. The zero-order valence-electron chi connectivity index (χ0n) is 17.1. The van der Waals surface area contributed by atoms with Crippen LogP contribution in [0.3, 0.4) is 0 Å². The third-order valence-corrected chi connectivity index (χ3v) is 4.94. The van der Waals surface area contributed by atoms with Gasteiger partial charge in [-0.15, -0.1) is 0 Å². The van der Waals surface area contributed by atoms with Gasteiger partial charge in [0, 0.05) is 23.0 Å². The fourth-order valence-electron chi connectivity index (χ4n) is 3.05. The van der Waals surface area contributed by atoms with Crippen LogP contribution in [0.5, 0.6) is 0 Å². The number of hydrogen-bond donors (Lipinski definition) is 3. The van der Waals surface area contributed by atoms with Crippen LogP contribution in [0, 0.1) is 19.8 Å². The van der Waals surface area contributed by atoms with Crippen molar-refractivity contribution in [3.8, 4) is 11.4 Å². The monoisotopic (exact) mass is 411 g/mol. The lowest BCUT2D eigenvalue weighted by Crippen LogP contribution is -2.30. The molecule has 0 saturated carbocycles. The fraction of sp³-hybridized carbons (Fsp3) is 0.318. The number of aryl methyl sites for hydroxylation is 2. The van der Waals surface area contributed by atoms with Crippen molar-refractivity contribution in [1.29, 1.82) is 0 Å². The third-order valence-electron chi connectivity index (χ3n) is 4.72. The maximum atomic E-state index is 9.69. The lowest BCUT2D eigenvalue weighted by atomic mass is 10.1. The minimum Gasteiger partial charge on any atom is -0.394 e. The number of pyridine rings is 1. The maximum Gasteiger partial charge on any atom is 0.225 e. The minimum absolute atomic E-state index is 0.00694. The standard InChI is InChI=1S/C22H26ClN5O/c1-13(2)19(12-29)26-22-25-18(17-7-5-6-8-24-17)11-20(28-22)27-21-14(3)9-16(23)10-15(21)4/h5-11,13,19,29H,12H2,1-4H3,(H2,25,26,27,28)/t19-/m1/s1. The Bertz CT molecular complexity index is 955. The molecule has 3 aromatic rings. The molecule has 3 rings (SSSR count). The van der Waals surface area contributed by atoms with Crippen molar-refractivity contribution in [1.82, 2.24) is 15.0 Å². The van der Waals surface area contributed by atoms with Gasteiger partial charge >= 0.3 is 0 Å². The van der Waals surface area contributed by atoms with Gasteiger partial charge in [-0.2, -0.15) is 4.98 Å². The zero-order valence-corrected chi connectivity index (χ0v) is 17.8. The molecular weight excluding hydrogens is 386 g/mol. The van der Waals surface area contributed by atoms with Crippen LogP contribution in [0.2, 0.25) is 5.02 Å². The Kier molecular flexibility index (Phi) is 6.67. The summed E-state index contributed by atoms with van der Waals surface area (Å²) in [5, 5.41) is 17.0. The molecule has 0 aliphatic heterocycles. The highest BCUT2D eigenvalue weighted by molar-refractivity contribution is 6.30. The predicted molar refractivity (Wildman–Crippen MR) is 119 cm³/mol. The summed E-state index contributed by atoms with van der Waals surface area (Å²) in [7, 11) is 0. The summed E-state index contributed by atoms with van der Waals surface area (Å²) in [4.78, 5) is 13.6. The van der Waals surface area contributed by atoms with E-state index in [9.17, 15) is 5.11 Å². The Morgan fingerprint density at radius 1 is 1.03 bits per heavy atom. The van der Waals surface area contributed by atoms with Crippen LogP contribution >= 0.6 is 11.6 Å². The van der Waals surface area contributed by atoms with E-state index in [2.05, 4.69) is 25.6 Å². The number of aromatic nitrogens is 3. The van der Waals surface area contributed by atoms with Crippen LogP contribution in [0.25, 0.3) is 11.4 Å². The second kappa shape index (κ2) is 9.20. The van der Waals surface area contributed by atoms with Crippen molar-refractivity contribution in [3.63, 3.8) is 0 Å². The van der Waals surface area contributed by atoms with Gasteiger partial charge < -0.3 is 15.7 Å². The van der Waals surface area contributed by atoms with Gasteiger partial charge in [0.25, 0.3) is 0 Å². The molecule has 7 heteroatoms. The highest BCUT2D eigenvalue weighted by Gasteiger charge is 2.16. The molecule has 0 spiro atoms. The van der Waals surface area contributed by atoms with E-state index in [0.29, 0.717) is 22.5 Å². The SMILES string of the molecule is Cc1cc(Cl)cc(C)c1Nc1cc(-c2ccccn2)nc(N[C@H](CO)C(C)C)n1. The molecule has 152 valence electrons. The van der Waals surface area contributed by atoms with Crippen LogP contribution in [0.15, 0.2) is 42.6 Å². The van der Waals surface area contributed by atoms with E-state index >= 15 is 0 Å². The molecule has 0 aliphatic carbocycles. The quantitative estimate of drug-likeness (QED) is 0.508. The van der Waals surface area contributed by atoms with E-state index in [1.807, 2.05) is 64.1 Å². The summed E-state index contributed by atoms with van der Waals surface area (Å²) in [5.41, 5.74) is 4.44. The van der Waals surface area contributed by atoms with Gasteiger partial charge in [-0.25, -0.2) is 4.98 Å². The highest BCUT2D eigenvalue weighted by Crippen LogP contribution is 2.29. The first-order chi connectivity index (χ1) is 13.9. The van der Waals surface area contributed by atoms with Crippen molar-refractivity contribution >= 4 is 29.1 Å². The zero-order chi connectivity index (χ0) is 21.0. The van der Waals surface area contributed by atoms with E-state index in [-0.39, 0.29) is 18.6 Å². The smallest absolute Gasteiger partial charge is 0.225 e. The number of rotatable bonds is 7. The first-order valence-corrected chi connectivity index (χ1v) is 9.97. The van der Waals surface area contributed by atoms with Crippen molar-refractivity contribution in [2.45, 2.75) is 33.7 Å². The van der Waals surface area contributed by atoms with Crippen LogP contribution in [-0.4, -0.2) is 32.7 Å². The van der Waals surface area contributed by atoms with E-state index in [1.165, 1.54) is 0 Å². The van der Waals surface area contributed by atoms with Crippen molar-refractivity contribution in [2.75, 3.05) is 17.2 Å². The molecule has 0 fully saturated rings. The number of nitrogens with one attached hydrogen (secondary N) is 2. The molecule has 0 bridgehead atoms. The lowest BCUT2D eigenvalue weighted by molar-refractivity contribution is 0.248. The van der Waals surface area contributed by atoms with Gasteiger partial charge in [0.05, 0.1) is 24.0 Å². The topological polar surface area (TPSA) is 83.0 Å². The normalized spacial score (nSPS) is 12.1. The van der Waals surface area contributed by atoms with Crippen molar-refractivity contribution < 1.29 is 5.11 Å². The van der Waals surface area contributed by atoms with E-state index in [0.717, 1.165) is 22.5 Å². The second-order valence-corrected chi connectivity index (χ2v) is 7.83. The number of anilines is 3. The summed E-state index contributed by atoms with van der Waals surface area (Å²) in [6, 6.07) is 11.2. The third kappa shape index (κ3) is 5.22. The Morgan fingerprint density at radius 3 is 2.34 bits per heavy atom. The predicted octanol–water partition coefficient (Wildman–Crippen LogP) is 4.98. The van der Waals surface area contributed by atoms with E-state index < -0.39 is 0 Å². The van der Waals surface area contributed by atoms with E-state index in [4.69, 9.17) is 11.6 Å². The number of nitrogens with zero attached hydrogens (tertiary/aromatic N) is 3. The molecule has 3 N–H and O–H groups in total. The molecule has 0 amide bonds. The largest absolute Gasteiger partial charge is 0.394 e. The summed E-state index contributed by atoms with van der Waals surface area (Å²) in [5.74, 6) is 1.30. The minimum atomic E-state index is -0.152. The fourth-order valence-corrected chi connectivity index (χ4v) is 3.37. The number of aliphatic hydroxyl groups excluding tert-OH is 1. The van der Waals surface area contributed by atoms with Crippen LogP contribution in [-0.2, 0) is 0 Å². The molecular formula is C22H26ClN5O. The van der Waals surface area contributed by atoms with Gasteiger partial charge in [-0.05, 0) is 55.2 Å². The molecule has 0 radical (unpaired) electrons. The maximum absolute atomic E-state index is 9.69.